The lowest BCUT2D eigenvalue weighted by Crippen LogP contribution is -2.05. The van der Waals surface area contributed by atoms with Crippen LogP contribution in [0.4, 0.5) is 0 Å². The molecule has 0 spiro atoms. The predicted molar refractivity (Wildman–Crippen MR) is 73.3 cm³/mol. The lowest BCUT2D eigenvalue weighted by atomic mass is 9.98. The van der Waals surface area contributed by atoms with Crippen LogP contribution < -0.4 is 0 Å². The van der Waals surface area contributed by atoms with Crippen molar-refractivity contribution >= 4 is 27.3 Å². The molecule has 1 heterocycles. The highest BCUT2D eigenvalue weighted by atomic mass is 79.9. The van der Waals surface area contributed by atoms with Gasteiger partial charge in [-0.25, -0.2) is 0 Å². The molecule has 16 heavy (non-hydrogen) atoms. The van der Waals surface area contributed by atoms with E-state index in [-0.39, 0.29) is 0 Å². The monoisotopic (exact) mass is 292 g/mol. The molecule has 0 aliphatic heterocycles. The summed E-state index contributed by atoms with van der Waals surface area (Å²) in [5.41, 5.74) is 4.49. The molecule has 0 fully saturated rings. The van der Waals surface area contributed by atoms with Crippen LogP contribution in [-0.4, -0.2) is 0 Å². The van der Waals surface area contributed by atoms with Crippen LogP contribution in [0.1, 0.15) is 21.5 Å². The molecule has 1 aliphatic rings. The third-order valence-corrected chi connectivity index (χ3v) is 5.30. The largest absolute Gasteiger partial charge is 0.152 e. The van der Waals surface area contributed by atoms with Crippen molar-refractivity contribution < 1.29 is 0 Å². The van der Waals surface area contributed by atoms with Crippen molar-refractivity contribution in [2.45, 2.75) is 17.7 Å². The van der Waals surface area contributed by atoms with Crippen LogP contribution in [-0.2, 0) is 12.8 Å². The van der Waals surface area contributed by atoms with Crippen LogP contribution in [0.5, 0.6) is 0 Å². The first-order chi connectivity index (χ1) is 7.84. The van der Waals surface area contributed by atoms with E-state index in [2.05, 4.69) is 57.0 Å². The fraction of sp³-hybridized carbons (Fsp3) is 0.286. The van der Waals surface area contributed by atoms with Gasteiger partial charge in [0.1, 0.15) is 0 Å². The fourth-order valence-electron chi connectivity index (χ4n) is 2.52. The third-order valence-electron chi connectivity index (χ3n) is 3.33. The van der Waals surface area contributed by atoms with Crippen molar-refractivity contribution in [3.63, 3.8) is 0 Å². The second-order valence-corrected chi connectivity index (χ2v) is 6.17. The van der Waals surface area contributed by atoms with E-state index < -0.39 is 0 Å². The number of hydrogen-bond donors (Lipinski definition) is 0. The molecule has 0 N–H and O–H groups in total. The highest BCUT2D eigenvalue weighted by Crippen LogP contribution is 2.43. The van der Waals surface area contributed by atoms with E-state index in [1.165, 1.54) is 29.5 Å². The molecule has 0 radical (unpaired) electrons. The molecule has 1 aliphatic carbocycles. The van der Waals surface area contributed by atoms with Crippen LogP contribution in [0, 0.1) is 5.92 Å². The fourth-order valence-corrected chi connectivity index (χ4v) is 4.02. The van der Waals surface area contributed by atoms with Gasteiger partial charge in [-0.2, -0.15) is 11.3 Å². The van der Waals surface area contributed by atoms with Gasteiger partial charge in [-0.1, -0.05) is 40.2 Å². The van der Waals surface area contributed by atoms with Crippen molar-refractivity contribution in [2.75, 3.05) is 0 Å². The predicted octanol–water partition coefficient (Wildman–Crippen LogP) is 4.60. The molecular formula is C14H13BrS. The second kappa shape index (κ2) is 4.34. The summed E-state index contributed by atoms with van der Waals surface area (Å²) in [5.74, 6) is 0.715. The molecule has 0 amide bonds. The van der Waals surface area contributed by atoms with Crippen molar-refractivity contribution in [1.82, 2.24) is 0 Å². The molecule has 82 valence electrons. The summed E-state index contributed by atoms with van der Waals surface area (Å²) in [6, 6.07) is 11.0. The third kappa shape index (κ3) is 1.85. The number of alkyl halides is 1. The topological polar surface area (TPSA) is 0 Å². The molecule has 2 atom stereocenters. The summed E-state index contributed by atoms with van der Waals surface area (Å²) in [7, 11) is 0. The Hall–Kier alpha value is -0.600. The van der Waals surface area contributed by atoms with Gasteiger partial charge in [-0.15, -0.1) is 0 Å². The van der Waals surface area contributed by atoms with Crippen LogP contribution >= 0.6 is 27.3 Å². The van der Waals surface area contributed by atoms with Gasteiger partial charge in [-0.05, 0) is 52.3 Å². The molecule has 0 saturated carbocycles. The van der Waals surface area contributed by atoms with Gasteiger partial charge < -0.3 is 0 Å². The summed E-state index contributed by atoms with van der Waals surface area (Å²) in [4.78, 5) is 0.531. The van der Waals surface area contributed by atoms with Crippen LogP contribution in [0.15, 0.2) is 41.1 Å². The molecular weight excluding hydrogens is 280 g/mol. The summed E-state index contributed by atoms with van der Waals surface area (Å²) in [6.45, 7) is 0. The number of hydrogen-bond acceptors (Lipinski definition) is 1. The van der Waals surface area contributed by atoms with Gasteiger partial charge in [0.15, 0.2) is 0 Å². The number of fused-ring (bicyclic) bond motifs is 1. The first kappa shape index (κ1) is 10.5. The molecule has 2 unspecified atom stereocenters. The Morgan fingerprint density at radius 1 is 1.25 bits per heavy atom. The van der Waals surface area contributed by atoms with Crippen LogP contribution in [0.25, 0.3) is 0 Å². The summed E-state index contributed by atoms with van der Waals surface area (Å²) in [5, 5.41) is 4.43. The Labute approximate surface area is 108 Å². The van der Waals surface area contributed by atoms with Gasteiger partial charge in [0.05, 0.1) is 0 Å². The van der Waals surface area contributed by atoms with Gasteiger partial charge in [0.2, 0.25) is 0 Å². The highest BCUT2D eigenvalue weighted by molar-refractivity contribution is 9.09. The SMILES string of the molecule is BrC1c2ccccc2CC1Cc1ccsc1. The number of thiophene rings is 1. The quantitative estimate of drug-likeness (QED) is 0.710. The van der Waals surface area contributed by atoms with Gasteiger partial charge in [0, 0.05) is 4.83 Å². The van der Waals surface area contributed by atoms with E-state index in [4.69, 9.17) is 0 Å². The minimum Gasteiger partial charge on any atom is -0.152 e. The average molecular weight is 293 g/mol. The van der Waals surface area contributed by atoms with E-state index in [1.807, 2.05) is 0 Å². The number of benzene rings is 1. The zero-order valence-corrected chi connectivity index (χ0v) is 11.3. The smallest absolute Gasteiger partial charge is 0.0432 e. The Kier molecular flexibility index (Phi) is 2.86. The van der Waals surface area contributed by atoms with E-state index in [9.17, 15) is 0 Å². The minimum atomic E-state index is 0.531. The van der Waals surface area contributed by atoms with E-state index in [1.54, 1.807) is 11.3 Å². The molecule has 2 aromatic rings. The molecule has 0 nitrogen and oxygen atoms in total. The standard InChI is InChI=1S/C14H13BrS/c15-14-12(7-10-5-6-16-9-10)8-11-3-1-2-4-13(11)14/h1-6,9,12,14H,7-8H2. The van der Waals surface area contributed by atoms with Crippen molar-refractivity contribution in [3.8, 4) is 0 Å². The van der Waals surface area contributed by atoms with Crippen LogP contribution in [0.2, 0.25) is 0 Å². The lowest BCUT2D eigenvalue weighted by molar-refractivity contribution is 0.556. The van der Waals surface area contributed by atoms with Crippen molar-refractivity contribution in [1.29, 1.82) is 0 Å². The number of rotatable bonds is 2. The maximum atomic E-state index is 3.85. The number of halogens is 1. The minimum absolute atomic E-state index is 0.531. The first-order valence-electron chi connectivity index (χ1n) is 5.57. The zero-order chi connectivity index (χ0) is 11.0. The first-order valence-corrected chi connectivity index (χ1v) is 7.43. The second-order valence-electron chi connectivity index (χ2n) is 4.40. The summed E-state index contributed by atoms with van der Waals surface area (Å²) >= 11 is 5.65. The molecule has 0 saturated heterocycles. The molecule has 2 heteroatoms. The Balaban J connectivity index is 1.82. The Bertz CT molecular complexity index is 473. The molecule has 1 aromatic heterocycles. The van der Waals surface area contributed by atoms with Crippen LogP contribution in [0.3, 0.4) is 0 Å². The van der Waals surface area contributed by atoms with Gasteiger partial charge in [-0.3, -0.25) is 0 Å². The lowest BCUT2D eigenvalue weighted by Gasteiger charge is -2.13. The summed E-state index contributed by atoms with van der Waals surface area (Å²) < 4.78 is 0. The summed E-state index contributed by atoms with van der Waals surface area (Å²) in [6.07, 6.45) is 2.40. The Morgan fingerprint density at radius 2 is 2.12 bits per heavy atom. The molecule has 0 bridgehead atoms. The van der Waals surface area contributed by atoms with Crippen molar-refractivity contribution in [2.24, 2.45) is 5.92 Å². The zero-order valence-electron chi connectivity index (χ0n) is 8.90. The van der Waals surface area contributed by atoms with E-state index >= 15 is 0 Å². The van der Waals surface area contributed by atoms with E-state index in [0.717, 1.165) is 0 Å². The van der Waals surface area contributed by atoms with Crippen molar-refractivity contribution in [3.05, 3.63) is 57.8 Å². The average Bonchev–Trinajstić information content (AvgIpc) is 2.90. The van der Waals surface area contributed by atoms with E-state index in [0.29, 0.717) is 10.7 Å². The normalized spacial score (nSPS) is 23.3. The van der Waals surface area contributed by atoms with Gasteiger partial charge >= 0.3 is 0 Å². The Morgan fingerprint density at radius 3 is 2.88 bits per heavy atom. The molecule has 3 rings (SSSR count). The molecule has 1 aromatic carbocycles. The highest BCUT2D eigenvalue weighted by Gasteiger charge is 2.29. The van der Waals surface area contributed by atoms with Gasteiger partial charge in [0.25, 0.3) is 0 Å². The maximum absolute atomic E-state index is 3.85. The maximum Gasteiger partial charge on any atom is 0.0432 e.